The average Bonchev–Trinajstić information content (AvgIpc) is 3.17. The van der Waals surface area contributed by atoms with E-state index >= 15 is 0 Å². The zero-order valence-corrected chi connectivity index (χ0v) is 17.9. The molecule has 4 rings (SSSR count). The van der Waals surface area contributed by atoms with Crippen molar-refractivity contribution in [3.8, 4) is 5.75 Å². The normalized spacial score (nSPS) is 18.0. The molecular formula is C21H19ClN4O3S. The second-order valence-corrected chi connectivity index (χ2v) is 7.87. The van der Waals surface area contributed by atoms with Gasteiger partial charge in [0.15, 0.2) is 5.50 Å². The van der Waals surface area contributed by atoms with Gasteiger partial charge in [-0.25, -0.2) is 14.8 Å². The standard InChI is InChI=1S/C21H19ClN4O3S/c1-3-29-20(27)16-17(12-4-8-14(22)9-5-12)26-21(24-18(16)23)30-19(25-26)13-6-10-15(28-2)11-7-13/h4-11,21H,3H2,1-2H3,(H2,23,24). The molecule has 9 heteroatoms. The summed E-state index contributed by atoms with van der Waals surface area (Å²) < 4.78 is 10.5. The molecule has 30 heavy (non-hydrogen) atoms. The van der Waals surface area contributed by atoms with Crippen LogP contribution < -0.4 is 10.5 Å². The number of aliphatic imine (C=N–C) groups is 1. The molecule has 0 aromatic heterocycles. The Balaban J connectivity index is 1.81. The number of nitrogens with zero attached hydrogens (tertiary/aromatic N) is 3. The largest absolute Gasteiger partial charge is 0.497 e. The van der Waals surface area contributed by atoms with Gasteiger partial charge >= 0.3 is 5.97 Å². The number of rotatable bonds is 5. The van der Waals surface area contributed by atoms with Crippen LogP contribution in [-0.2, 0) is 9.53 Å². The fourth-order valence-corrected chi connectivity index (χ4v) is 4.28. The van der Waals surface area contributed by atoms with E-state index in [-0.39, 0.29) is 18.0 Å². The van der Waals surface area contributed by atoms with Crippen LogP contribution in [0.4, 0.5) is 0 Å². The van der Waals surface area contributed by atoms with Crippen LogP contribution in [0, 0.1) is 0 Å². The lowest BCUT2D eigenvalue weighted by Crippen LogP contribution is -2.36. The lowest BCUT2D eigenvalue weighted by atomic mass is 10.0. The summed E-state index contributed by atoms with van der Waals surface area (Å²) in [5.41, 5.74) is 8.16. The van der Waals surface area contributed by atoms with Gasteiger partial charge in [-0.2, -0.15) is 5.10 Å². The molecule has 0 saturated heterocycles. The number of thioether (sulfide) groups is 1. The number of nitrogens with two attached hydrogens (primary N) is 1. The smallest absolute Gasteiger partial charge is 0.344 e. The Bertz CT molecular complexity index is 1060. The first-order chi connectivity index (χ1) is 14.5. The van der Waals surface area contributed by atoms with E-state index in [0.717, 1.165) is 21.9 Å². The van der Waals surface area contributed by atoms with Crippen LogP contribution in [0.5, 0.6) is 5.75 Å². The van der Waals surface area contributed by atoms with Gasteiger partial charge in [0.2, 0.25) is 0 Å². The minimum absolute atomic E-state index is 0.123. The monoisotopic (exact) mass is 442 g/mol. The first-order valence-corrected chi connectivity index (χ1v) is 10.5. The molecule has 2 aliphatic rings. The van der Waals surface area contributed by atoms with E-state index in [9.17, 15) is 4.79 Å². The predicted molar refractivity (Wildman–Crippen MR) is 119 cm³/mol. The Hall–Kier alpha value is -2.97. The molecule has 1 atom stereocenters. The zero-order valence-electron chi connectivity index (χ0n) is 16.3. The number of benzene rings is 2. The van der Waals surface area contributed by atoms with E-state index in [1.54, 1.807) is 31.2 Å². The predicted octanol–water partition coefficient (Wildman–Crippen LogP) is 3.69. The number of esters is 1. The van der Waals surface area contributed by atoms with Crippen molar-refractivity contribution in [1.82, 2.24) is 5.01 Å². The van der Waals surface area contributed by atoms with Gasteiger partial charge < -0.3 is 15.2 Å². The van der Waals surface area contributed by atoms with Gasteiger partial charge in [0.05, 0.1) is 19.4 Å². The highest BCUT2D eigenvalue weighted by atomic mass is 35.5. The molecule has 0 spiro atoms. The molecule has 0 saturated carbocycles. The highest BCUT2D eigenvalue weighted by Gasteiger charge is 2.39. The number of fused-ring (bicyclic) bond motifs is 1. The summed E-state index contributed by atoms with van der Waals surface area (Å²) in [5.74, 6) is 0.340. The fraction of sp³-hybridized carbons (Fsp3) is 0.190. The van der Waals surface area contributed by atoms with Crippen LogP contribution >= 0.6 is 23.4 Å². The summed E-state index contributed by atoms with van der Waals surface area (Å²) in [7, 11) is 1.62. The summed E-state index contributed by atoms with van der Waals surface area (Å²) in [6.45, 7) is 1.97. The highest BCUT2D eigenvalue weighted by molar-refractivity contribution is 8.15. The van der Waals surface area contributed by atoms with E-state index in [2.05, 4.69) is 4.99 Å². The van der Waals surface area contributed by atoms with Crippen LogP contribution in [-0.4, -0.2) is 41.1 Å². The van der Waals surface area contributed by atoms with Crippen molar-refractivity contribution < 1.29 is 14.3 Å². The van der Waals surface area contributed by atoms with Crippen LogP contribution in [0.15, 0.2) is 64.2 Å². The van der Waals surface area contributed by atoms with E-state index in [1.807, 2.05) is 36.4 Å². The number of methoxy groups -OCH3 is 1. The number of hydrogen-bond donors (Lipinski definition) is 1. The van der Waals surface area contributed by atoms with Gasteiger partial charge in [-0.3, -0.25) is 0 Å². The second-order valence-electron chi connectivity index (χ2n) is 6.39. The molecule has 2 aromatic rings. The first-order valence-electron chi connectivity index (χ1n) is 9.21. The number of amidine groups is 1. The maximum Gasteiger partial charge on any atom is 0.344 e. The number of ether oxygens (including phenoxy) is 2. The molecular weight excluding hydrogens is 424 g/mol. The first kappa shape index (κ1) is 20.3. The maximum absolute atomic E-state index is 12.7. The van der Waals surface area contributed by atoms with Gasteiger partial charge in [-0.05, 0) is 43.3 Å². The van der Waals surface area contributed by atoms with Crippen LogP contribution in [0.3, 0.4) is 0 Å². The van der Waals surface area contributed by atoms with Gasteiger partial charge in [0.25, 0.3) is 0 Å². The number of hydrazone groups is 1. The van der Waals surface area contributed by atoms with Crippen molar-refractivity contribution in [2.24, 2.45) is 15.8 Å². The van der Waals surface area contributed by atoms with Crippen molar-refractivity contribution in [1.29, 1.82) is 0 Å². The van der Waals surface area contributed by atoms with Crippen molar-refractivity contribution in [3.05, 3.63) is 70.3 Å². The molecule has 0 amide bonds. The minimum atomic E-state index is -0.541. The third-order valence-corrected chi connectivity index (χ3v) is 5.84. The number of halogens is 1. The third kappa shape index (κ3) is 3.76. The second kappa shape index (κ2) is 8.41. The Kier molecular flexibility index (Phi) is 5.69. The summed E-state index contributed by atoms with van der Waals surface area (Å²) in [4.78, 5) is 17.2. The molecule has 0 radical (unpaired) electrons. The number of carbonyl (C=O) groups excluding carboxylic acids is 1. The van der Waals surface area contributed by atoms with Gasteiger partial charge in [0, 0.05) is 16.1 Å². The van der Waals surface area contributed by atoms with Crippen molar-refractivity contribution in [3.63, 3.8) is 0 Å². The molecule has 1 unspecified atom stereocenters. The van der Waals surface area contributed by atoms with Crippen LogP contribution in [0.25, 0.3) is 5.70 Å². The van der Waals surface area contributed by atoms with Crippen molar-refractivity contribution >= 4 is 45.9 Å². The van der Waals surface area contributed by atoms with E-state index in [0.29, 0.717) is 10.7 Å². The van der Waals surface area contributed by atoms with Crippen LogP contribution in [0.1, 0.15) is 18.1 Å². The van der Waals surface area contributed by atoms with E-state index in [4.69, 9.17) is 31.9 Å². The van der Waals surface area contributed by atoms with Gasteiger partial charge in [-0.15, -0.1) is 0 Å². The van der Waals surface area contributed by atoms with Crippen molar-refractivity contribution in [2.75, 3.05) is 13.7 Å². The van der Waals surface area contributed by atoms with E-state index < -0.39 is 11.5 Å². The molecule has 0 fully saturated rings. The molecule has 0 aliphatic carbocycles. The molecule has 2 heterocycles. The number of carbonyl (C=O) groups is 1. The summed E-state index contributed by atoms with van der Waals surface area (Å²) in [5, 5.41) is 7.81. The molecule has 2 aliphatic heterocycles. The third-order valence-electron chi connectivity index (χ3n) is 4.53. The molecule has 2 N–H and O–H groups in total. The number of hydrogen-bond acceptors (Lipinski definition) is 8. The van der Waals surface area contributed by atoms with Crippen LogP contribution in [0.2, 0.25) is 5.02 Å². The SMILES string of the molecule is CCOC(=O)C1=C(c2ccc(Cl)cc2)N2N=C(c3ccc(OC)cc3)SC2N=C1N. The quantitative estimate of drug-likeness (QED) is 0.710. The Morgan fingerprint density at radius 1 is 1.17 bits per heavy atom. The van der Waals surface area contributed by atoms with Crippen molar-refractivity contribution in [2.45, 2.75) is 12.4 Å². The summed E-state index contributed by atoms with van der Waals surface area (Å²) >= 11 is 7.50. The summed E-state index contributed by atoms with van der Waals surface area (Å²) in [6, 6.07) is 14.7. The lowest BCUT2D eigenvalue weighted by molar-refractivity contribution is -0.137. The zero-order chi connectivity index (χ0) is 21.3. The van der Waals surface area contributed by atoms with E-state index in [1.165, 1.54) is 11.8 Å². The highest BCUT2D eigenvalue weighted by Crippen LogP contribution is 2.41. The molecule has 2 aromatic carbocycles. The van der Waals surface area contributed by atoms with Gasteiger partial charge in [-0.1, -0.05) is 35.5 Å². The molecule has 0 bridgehead atoms. The minimum Gasteiger partial charge on any atom is -0.497 e. The molecule has 7 nitrogen and oxygen atoms in total. The maximum atomic E-state index is 12.7. The topological polar surface area (TPSA) is 89.5 Å². The Morgan fingerprint density at radius 2 is 1.83 bits per heavy atom. The average molecular weight is 443 g/mol. The molecule has 154 valence electrons. The summed E-state index contributed by atoms with van der Waals surface area (Å²) in [6.07, 6.45) is 0. The Morgan fingerprint density at radius 3 is 2.47 bits per heavy atom. The lowest BCUT2D eigenvalue weighted by Gasteiger charge is -2.29. The Labute approximate surface area is 183 Å². The fourth-order valence-electron chi connectivity index (χ4n) is 3.13. The van der Waals surface area contributed by atoms with Gasteiger partial charge in [0.1, 0.15) is 22.2 Å².